The average molecular weight is 255 g/mol. The predicted octanol–water partition coefficient (Wildman–Crippen LogP) is 6.84. The van der Waals surface area contributed by atoms with Crippen LogP contribution in [-0.4, -0.2) is 0 Å². The molecule has 0 aromatic heterocycles. The Labute approximate surface area is 117 Å². The number of rotatable bonds is 8. The van der Waals surface area contributed by atoms with Gasteiger partial charge in [-0.15, -0.1) is 0 Å². The first-order chi connectivity index (χ1) is 7.97. The van der Waals surface area contributed by atoms with E-state index in [0.717, 1.165) is 0 Å². The highest BCUT2D eigenvalue weighted by atomic mass is 14.3. The quantitative estimate of drug-likeness (QED) is 0.416. The third-order valence-electron chi connectivity index (χ3n) is 4.47. The van der Waals surface area contributed by atoms with E-state index in [1.807, 2.05) is 0 Å². The molecular formula is C18H38. The van der Waals surface area contributed by atoms with E-state index in [9.17, 15) is 0 Å². The second-order valence-corrected chi connectivity index (χ2v) is 8.95. The highest BCUT2D eigenvalue weighted by molar-refractivity contribution is 4.74. The maximum Gasteiger partial charge on any atom is -0.0354 e. The van der Waals surface area contributed by atoms with Gasteiger partial charge in [-0.1, -0.05) is 74.7 Å². The maximum absolute atomic E-state index is 2.45. The summed E-state index contributed by atoms with van der Waals surface area (Å²) < 4.78 is 0. The first-order valence-electron chi connectivity index (χ1n) is 7.97. The Bertz CT molecular complexity index is 215. The molecule has 0 amide bonds. The third kappa shape index (κ3) is 9.97. The van der Waals surface area contributed by atoms with Gasteiger partial charge in [0, 0.05) is 0 Å². The van der Waals surface area contributed by atoms with Crippen molar-refractivity contribution in [1.82, 2.24) is 0 Å². The number of unbranched alkanes of at least 4 members (excludes halogenated alkanes) is 1. The summed E-state index contributed by atoms with van der Waals surface area (Å²) in [7, 11) is 0. The minimum atomic E-state index is 0.488. The van der Waals surface area contributed by atoms with Crippen LogP contribution >= 0.6 is 0 Å². The van der Waals surface area contributed by atoms with Crippen LogP contribution in [0.25, 0.3) is 0 Å². The molecule has 0 aliphatic carbocycles. The Morgan fingerprint density at radius 1 is 0.556 bits per heavy atom. The van der Waals surface area contributed by atoms with Crippen LogP contribution in [0.15, 0.2) is 0 Å². The summed E-state index contributed by atoms with van der Waals surface area (Å²) in [5.41, 5.74) is 1.57. The lowest BCUT2D eigenvalue weighted by molar-refractivity contribution is 0.227. The summed E-state index contributed by atoms with van der Waals surface area (Å²) in [4.78, 5) is 0. The highest BCUT2D eigenvalue weighted by Gasteiger charge is 2.22. The van der Waals surface area contributed by atoms with Crippen molar-refractivity contribution in [3.05, 3.63) is 0 Å². The van der Waals surface area contributed by atoms with Crippen LogP contribution in [0.5, 0.6) is 0 Å². The smallest absolute Gasteiger partial charge is 0.0354 e. The Morgan fingerprint density at radius 3 is 1.39 bits per heavy atom. The van der Waals surface area contributed by atoms with Crippen molar-refractivity contribution in [1.29, 1.82) is 0 Å². The van der Waals surface area contributed by atoms with E-state index in [-0.39, 0.29) is 0 Å². The summed E-state index contributed by atoms with van der Waals surface area (Å²) in [6.45, 7) is 19.1. The van der Waals surface area contributed by atoms with Crippen LogP contribution < -0.4 is 0 Å². The van der Waals surface area contributed by atoms with Gasteiger partial charge in [0.1, 0.15) is 0 Å². The molecule has 0 aliphatic rings. The Balaban J connectivity index is 3.84. The topological polar surface area (TPSA) is 0 Å². The molecule has 0 bridgehead atoms. The van der Waals surface area contributed by atoms with Crippen LogP contribution in [0.4, 0.5) is 0 Å². The largest absolute Gasteiger partial charge is 0.0649 e. The lowest BCUT2D eigenvalue weighted by atomic mass is 9.76. The van der Waals surface area contributed by atoms with Crippen molar-refractivity contribution in [2.24, 2.45) is 16.2 Å². The van der Waals surface area contributed by atoms with Gasteiger partial charge in [-0.05, 0) is 41.9 Å². The van der Waals surface area contributed by atoms with Crippen LogP contribution in [0.2, 0.25) is 0 Å². The molecule has 0 radical (unpaired) electrons. The molecule has 0 aliphatic heterocycles. The molecule has 0 heteroatoms. The van der Waals surface area contributed by atoms with Gasteiger partial charge in [0.05, 0.1) is 0 Å². The van der Waals surface area contributed by atoms with E-state index in [1.165, 1.54) is 44.9 Å². The van der Waals surface area contributed by atoms with Gasteiger partial charge < -0.3 is 0 Å². The molecular weight excluding hydrogens is 216 g/mol. The second-order valence-electron chi connectivity index (χ2n) is 8.95. The molecule has 110 valence electrons. The van der Waals surface area contributed by atoms with Crippen LogP contribution in [0.1, 0.15) is 100 Å². The Morgan fingerprint density at radius 2 is 1.00 bits per heavy atom. The average Bonchev–Trinajstić information content (AvgIpc) is 2.21. The predicted molar refractivity (Wildman–Crippen MR) is 85.0 cm³/mol. The van der Waals surface area contributed by atoms with Crippen molar-refractivity contribution in [2.45, 2.75) is 100 Å². The molecule has 0 spiro atoms. The van der Waals surface area contributed by atoms with Crippen molar-refractivity contribution in [3.8, 4) is 0 Å². The van der Waals surface area contributed by atoms with Gasteiger partial charge in [-0.2, -0.15) is 0 Å². The molecule has 0 atom stereocenters. The van der Waals surface area contributed by atoms with Gasteiger partial charge in [0.2, 0.25) is 0 Å². The van der Waals surface area contributed by atoms with E-state index in [4.69, 9.17) is 0 Å². The van der Waals surface area contributed by atoms with Crippen molar-refractivity contribution in [2.75, 3.05) is 0 Å². The first-order valence-corrected chi connectivity index (χ1v) is 7.97. The fraction of sp³-hybridized carbons (Fsp3) is 1.00. The van der Waals surface area contributed by atoms with Crippen LogP contribution in [0, 0.1) is 16.2 Å². The summed E-state index contributed by atoms with van der Waals surface area (Å²) in [6.07, 6.45) is 9.61. The summed E-state index contributed by atoms with van der Waals surface area (Å²) in [6, 6.07) is 0. The minimum absolute atomic E-state index is 0.488. The zero-order valence-electron chi connectivity index (χ0n) is 14.4. The lowest BCUT2D eigenvalue weighted by Gasteiger charge is -2.29. The molecule has 0 saturated carbocycles. The van der Waals surface area contributed by atoms with E-state index in [0.29, 0.717) is 16.2 Å². The molecule has 0 saturated heterocycles. The van der Waals surface area contributed by atoms with E-state index < -0.39 is 0 Å². The molecule has 0 aromatic rings. The lowest BCUT2D eigenvalue weighted by Crippen LogP contribution is -2.16. The van der Waals surface area contributed by atoms with Crippen molar-refractivity contribution in [3.63, 3.8) is 0 Å². The minimum Gasteiger partial charge on any atom is -0.0649 e. The summed E-state index contributed by atoms with van der Waals surface area (Å²) >= 11 is 0. The van der Waals surface area contributed by atoms with Crippen molar-refractivity contribution >= 4 is 0 Å². The monoisotopic (exact) mass is 254 g/mol. The van der Waals surface area contributed by atoms with Crippen molar-refractivity contribution < 1.29 is 0 Å². The first kappa shape index (κ1) is 18.0. The maximum atomic E-state index is 2.45. The fourth-order valence-electron chi connectivity index (χ4n) is 2.22. The molecule has 0 nitrogen and oxygen atoms in total. The normalized spacial score (nSPS) is 14.0. The van der Waals surface area contributed by atoms with Gasteiger partial charge in [-0.25, -0.2) is 0 Å². The van der Waals surface area contributed by atoms with E-state index in [2.05, 4.69) is 55.4 Å². The van der Waals surface area contributed by atoms with Gasteiger partial charge in [0.25, 0.3) is 0 Å². The van der Waals surface area contributed by atoms with E-state index in [1.54, 1.807) is 0 Å². The summed E-state index contributed by atoms with van der Waals surface area (Å²) in [5, 5.41) is 0. The standard InChI is InChI=1S/C18H38/c1-9-17(5,6)12-10-11-13-18(7,8)15-14-16(2,3)4/h9-15H2,1-8H3. The Hall–Kier alpha value is 0. The number of hydrogen-bond donors (Lipinski definition) is 0. The van der Waals surface area contributed by atoms with E-state index >= 15 is 0 Å². The highest BCUT2D eigenvalue weighted by Crippen LogP contribution is 2.35. The van der Waals surface area contributed by atoms with Crippen LogP contribution in [0.3, 0.4) is 0 Å². The molecule has 0 rings (SSSR count). The number of hydrogen-bond acceptors (Lipinski definition) is 0. The second kappa shape index (κ2) is 6.96. The molecule has 0 N–H and O–H groups in total. The molecule has 0 heterocycles. The zero-order chi connectivity index (χ0) is 14.4. The SMILES string of the molecule is CCC(C)(C)CCCCC(C)(C)CCC(C)(C)C. The third-order valence-corrected chi connectivity index (χ3v) is 4.47. The van der Waals surface area contributed by atoms with Gasteiger partial charge >= 0.3 is 0 Å². The Kier molecular flexibility index (Phi) is 6.96. The fourth-order valence-corrected chi connectivity index (χ4v) is 2.22. The van der Waals surface area contributed by atoms with Crippen LogP contribution in [-0.2, 0) is 0 Å². The molecule has 0 fully saturated rings. The molecule has 0 aromatic carbocycles. The molecule has 0 unspecified atom stereocenters. The van der Waals surface area contributed by atoms with Gasteiger partial charge in [0.15, 0.2) is 0 Å². The molecule has 18 heavy (non-hydrogen) atoms. The zero-order valence-corrected chi connectivity index (χ0v) is 14.4. The van der Waals surface area contributed by atoms with Gasteiger partial charge in [-0.3, -0.25) is 0 Å². The summed E-state index contributed by atoms with van der Waals surface area (Å²) in [5.74, 6) is 0.